The third-order valence-corrected chi connectivity index (χ3v) is 4.46. The molecule has 4 aromatic rings. The lowest BCUT2D eigenvalue weighted by molar-refractivity contribution is 0.102. The van der Waals surface area contributed by atoms with Crippen molar-refractivity contribution in [2.75, 3.05) is 12.4 Å². The lowest BCUT2D eigenvalue weighted by Gasteiger charge is -2.08. The molecule has 3 aromatic carbocycles. The maximum Gasteiger partial charge on any atom is 0.261 e. The number of nitrogens with zero attached hydrogens (tertiary/aromatic N) is 1. The number of carbonyl (C=O) groups is 1. The highest BCUT2D eigenvalue weighted by Crippen LogP contribution is 2.19. The smallest absolute Gasteiger partial charge is 0.261 e. The first-order chi connectivity index (χ1) is 14.1. The van der Waals surface area contributed by atoms with Gasteiger partial charge in [0.1, 0.15) is 16.9 Å². The van der Waals surface area contributed by atoms with Crippen molar-refractivity contribution in [3.8, 4) is 5.75 Å². The molecule has 5 nitrogen and oxygen atoms in total. The number of amides is 1. The molecule has 5 heteroatoms. The molecule has 0 fully saturated rings. The van der Waals surface area contributed by atoms with E-state index < -0.39 is 0 Å². The third-order valence-electron chi connectivity index (χ3n) is 4.46. The number of anilines is 1. The van der Waals surface area contributed by atoms with Gasteiger partial charge >= 0.3 is 0 Å². The molecule has 0 spiro atoms. The number of para-hydroxylation sites is 1. The second-order valence-electron chi connectivity index (χ2n) is 6.64. The quantitative estimate of drug-likeness (QED) is 0.524. The van der Waals surface area contributed by atoms with Crippen LogP contribution in [0.1, 0.15) is 15.9 Å². The van der Waals surface area contributed by atoms with Crippen LogP contribution in [-0.4, -0.2) is 13.0 Å². The van der Waals surface area contributed by atoms with Crippen molar-refractivity contribution in [3.05, 3.63) is 95.5 Å². The Bertz CT molecular complexity index is 1260. The van der Waals surface area contributed by atoms with Gasteiger partial charge in [0.2, 0.25) is 5.55 Å². The van der Waals surface area contributed by atoms with Gasteiger partial charge in [0.25, 0.3) is 5.91 Å². The number of aryl methyl sites for hydroxylation is 1. The van der Waals surface area contributed by atoms with Crippen molar-refractivity contribution in [1.82, 2.24) is 0 Å². The molecule has 0 aliphatic heterocycles. The van der Waals surface area contributed by atoms with Crippen molar-refractivity contribution >= 4 is 28.3 Å². The largest absolute Gasteiger partial charge is 0.497 e. The van der Waals surface area contributed by atoms with Crippen LogP contribution in [0.25, 0.3) is 11.0 Å². The molecule has 0 aliphatic rings. The minimum absolute atomic E-state index is 0.259. The zero-order chi connectivity index (χ0) is 20.2. The summed E-state index contributed by atoms with van der Waals surface area (Å²) in [5.41, 5.74) is 3.71. The Balaban J connectivity index is 1.82. The van der Waals surface area contributed by atoms with Crippen molar-refractivity contribution in [2.24, 2.45) is 4.99 Å². The Morgan fingerprint density at radius 1 is 0.966 bits per heavy atom. The zero-order valence-corrected chi connectivity index (χ0v) is 16.2. The molecule has 0 bridgehead atoms. The van der Waals surface area contributed by atoms with Crippen LogP contribution in [0.3, 0.4) is 0 Å². The fraction of sp³-hybridized carbons (Fsp3) is 0.0833. The first-order valence-corrected chi connectivity index (χ1v) is 9.22. The summed E-state index contributed by atoms with van der Waals surface area (Å²) in [6, 6.07) is 24.3. The highest BCUT2D eigenvalue weighted by molar-refractivity contribution is 6.05. The third kappa shape index (κ3) is 4.19. The fourth-order valence-electron chi connectivity index (χ4n) is 3.03. The number of hydrogen-bond acceptors (Lipinski definition) is 4. The van der Waals surface area contributed by atoms with Gasteiger partial charge in [-0.2, -0.15) is 0 Å². The Kier molecular flexibility index (Phi) is 5.12. The summed E-state index contributed by atoms with van der Waals surface area (Å²) >= 11 is 0. The molecule has 1 heterocycles. The van der Waals surface area contributed by atoms with E-state index in [4.69, 9.17) is 9.15 Å². The lowest BCUT2D eigenvalue weighted by atomic mass is 10.1. The van der Waals surface area contributed by atoms with Crippen molar-refractivity contribution in [2.45, 2.75) is 6.92 Å². The van der Waals surface area contributed by atoms with Crippen LogP contribution in [0.15, 0.2) is 88.3 Å². The molecular weight excluding hydrogens is 364 g/mol. The maximum atomic E-state index is 13.1. The van der Waals surface area contributed by atoms with E-state index in [1.807, 2.05) is 67.6 Å². The second-order valence-corrected chi connectivity index (χ2v) is 6.64. The predicted octanol–water partition coefficient (Wildman–Crippen LogP) is 5.23. The molecule has 0 saturated heterocycles. The summed E-state index contributed by atoms with van der Waals surface area (Å²) in [4.78, 5) is 17.7. The number of hydrogen-bond donors (Lipinski definition) is 1. The molecule has 29 heavy (non-hydrogen) atoms. The van der Waals surface area contributed by atoms with Gasteiger partial charge in [0, 0.05) is 17.1 Å². The Morgan fingerprint density at radius 3 is 2.62 bits per heavy atom. The number of fused-ring (bicyclic) bond motifs is 1. The van der Waals surface area contributed by atoms with Crippen molar-refractivity contribution in [3.63, 3.8) is 0 Å². The molecule has 0 saturated carbocycles. The molecule has 1 N–H and O–H groups in total. The van der Waals surface area contributed by atoms with E-state index >= 15 is 0 Å². The van der Waals surface area contributed by atoms with Crippen LogP contribution in [0.5, 0.6) is 5.75 Å². The first kappa shape index (κ1) is 18.5. The van der Waals surface area contributed by atoms with E-state index in [2.05, 4.69) is 10.3 Å². The molecule has 4 rings (SSSR count). The highest BCUT2D eigenvalue weighted by Gasteiger charge is 2.13. The molecule has 0 unspecified atom stereocenters. The van der Waals surface area contributed by atoms with Crippen molar-refractivity contribution in [1.29, 1.82) is 0 Å². The molecule has 144 valence electrons. The standard InChI is InChI=1S/C24H20N2O3/c1-16-7-5-9-18(13-16)26-24-21(14-17-8-3-4-12-22(17)29-24)23(27)25-19-10-6-11-20(15-19)28-2/h3-15H,1-2H3,(H,25,27). The van der Waals surface area contributed by atoms with Gasteiger partial charge in [-0.15, -0.1) is 0 Å². The van der Waals surface area contributed by atoms with Crippen LogP contribution in [0, 0.1) is 6.92 Å². The van der Waals surface area contributed by atoms with Gasteiger partial charge < -0.3 is 14.5 Å². The van der Waals surface area contributed by atoms with Gasteiger partial charge in [0.05, 0.1) is 12.8 Å². The van der Waals surface area contributed by atoms with E-state index in [1.165, 1.54) is 0 Å². The van der Waals surface area contributed by atoms with Gasteiger partial charge in [-0.05, 0) is 48.9 Å². The minimum Gasteiger partial charge on any atom is -0.497 e. The Labute approximate surface area is 168 Å². The van der Waals surface area contributed by atoms with Gasteiger partial charge in [-0.3, -0.25) is 4.79 Å². The van der Waals surface area contributed by atoms with Gasteiger partial charge in [0.15, 0.2) is 0 Å². The van der Waals surface area contributed by atoms with E-state index in [-0.39, 0.29) is 11.5 Å². The molecular formula is C24H20N2O3. The van der Waals surface area contributed by atoms with E-state index in [9.17, 15) is 4.79 Å². The molecule has 0 aliphatic carbocycles. The average Bonchev–Trinajstić information content (AvgIpc) is 2.73. The van der Waals surface area contributed by atoms with Gasteiger partial charge in [-0.1, -0.05) is 36.4 Å². The fourth-order valence-corrected chi connectivity index (χ4v) is 3.03. The van der Waals surface area contributed by atoms with Crippen LogP contribution in [0.4, 0.5) is 11.4 Å². The number of nitrogens with one attached hydrogen (secondary N) is 1. The first-order valence-electron chi connectivity index (χ1n) is 9.22. The summed E-state index contributed by atoms with van der Waals surface area (Å²) in [5, 5.41) is 3.72. The van der Waals surface area contributed by atoms with Crippen LogP contribution < -0.4 is 15.6 Å². The second kappa shape index (κ2) is 8.02. The summed E-state index contributed by atoms with van der Waals surface area (Å²) in [7, 11) is 1.59. The predicted molar refractivity (Wildman–Crippen MR) is 114 cm³/mol. The number of methoxy groups -OCH3 is 1. The summed E-state index contributed by atoms with van der Waals surface area (Å²) in [5.74, 6) is 0.356. The van der Waals surface area contributed by atoms with Crippen LogP contribution in [0.2, 0.25) is 0 Å². The monoisotopic (exact) mass is 384 g/mol. The van der Waals surface area contributed by atoms with Crippen LogP contribution in [-0.2, 0) is 0 Å². The van der Waals surface area contributed by atoms with Crippen molar-refractivity contribution < 1.29 is 13.9 Å². The number of ether oxygens (including phenoxy) is 1. The molecule has 1 amide bonds. The summed E-state index contributed by atoms with van der Waals surface area (Å²) in [6.07, 6.45) is 0. The average molecular weight is 384 g/mol. The SMILES string of the molecule is COc1cccc(NC(=O)c2cc3ccccc3oc2=Nc2cccc(C)c2)c1. The number of rotatable bonds is 4. The number of carbonyl (C=O) groups excluding carboxylic acids is 1. The molecule has 0 radical (unpaired) electrons. The normalized spacial score (nSPS) is 11.4. The summed E-state index contributed by atoms with van der Waals surface area (Å²) < 4.78 is 11.2. The Morgan fingerprint density at radius 2 is 1.79 bits per heavy atom. The van der Waals surface area contributed by atoms with E-state index in [1.54, 1.807) is 25.3 Å². The number of benzene rings is 3. The summed E-state index contributed by atoms with van der Waals surface area (Å²) in [6.45, 7) is 1.99. The zero-order valence-electron chi connectivity index (χ0n) is 16.2. The lowest BCUT2D eigenvalue weighted by Crippen LogP contribution is -2.21. The van der Waals surface area contributed by atoms with Crippen LogP contribution >= 0.6 is 0 Å². The molecule has 0 atom stereocenters. The Hall–Kier alpha value is -3.86. The highest BCUT2D eigenvalue weighted by atomic mass is 16.5. The van der Waals surface area contributed by atoms with E-state index in [0.29, 0.717) is 22.6 Å². The minimum atomic E-state index is -0.306. The van der Waals surface area contributed by atoms with Gasteiger partial charge in [-0.25, -0.2) is 4.99 Å². The van der Waals surface area contributed by atoms with E-state index in [0.717, 1.165) is 16.6 Å². The maximum absolute atomic E-state index is 13.1. The molecule has 1 aromatic heterocycles. The topological polar surface area (TPSA) is 63.8 Å².